The minimum absolute atomic E-state index is 0.0185. The number of sulfonamides is 1. The molecule has 9 nitrogen and oxygen atoms in total. The third-order valence-electron chi connectivity index (χ3n) is 6.38. The minimum Gasteiger partial charge on any atom is -0.368 e. The number of piperazine rings is 1. The number of piperidine rings is 1. The van der Waals surface area contributed by atoms with E-state index in [1.54, 1.807) is 24.3 Å². The third-order valence-corrected chi connectivity index (χ3v) is 8.28. The quantitative estimate of drug-likeness (QED) is 0.572. The first-order chi connectivity index (χ1) is 15.9. The molecule has 2 saturated heterocycles. The average molecular weight is 474 g/mol. The fraction of sp³-hybridized carbons (Fsp3) is 0.409. The largest absolute Gasteiger partial charge is 0.368 e. The number of benzene rings is 2. The number of aromatic nitrogens is 2. The smallest absolute Gasteiger partial charge is 0.245 e. The topological polar surface area (TPSA) is 99.8 Å². The highest BCUT2D eigenvalue weighted by molar-refractivity contribution is 7.89. The highest BCUT2D eigenvalue weighted by Gasteiger charge is 2.37. The highest BCUT2D eigenvalue weighted by atomic mass is 32.2. The van der Waals surface area contributed by atoms with Gasteiger partial charge in [-0.05, 0) is 59.6 Å². The first kappa shape index (κ1) is 21.8. The van der Waals surface area contributed by atoms with Gasteiger partial charge in [0.05, 0.1) is 5.92 Å². The Morgan fingerprint density at radius 1 is 1.00 bits per heavy atom. The second-order valence-corrected chi connectivity index (χ2v) is 10.3. The van der Waals surface area contributed by atoms with E-state index in [-0.39, 0.29) is 34.6 Å². The lowest BCUT2D eigenvalue weighted by Gasteiger charge is -2.39. The van der Waals surface area contributed by atoms with E-state index in [0.29, 0.717) is 51.1 Å². The lowest BCUT2D eigenvalue weighted by molar-refractivity contribution is -0.137. The van der Waals surface area contributed by atoms with Gasteiger partial charge in [0, 0.05) is 45.0 Å². The second-order valence-electron chi connectivity index (χ2n) is 8.38. The van der Waals surface area contributed by atoms with E-state index in [2.05, 4.69) is 15.2 Å². The van der Waals surface area contributed by atoms with Crippen molar-refractivity contribution in [2.75, 3.05) is 44.2 Å². The zero-order valence-electron chi connectivity index (χ0n) is 17.9. The van der Waals surface area contributed by atoms with Crippen molar-refractivity contribution in [2.45, 2.75) is 17.7 Å². The van der Waals surface area contributed by atoms with Crippen molar-refractivity contribution in [3.63, 3.8) is 0 Å². The van der Waals surface area contributed by atoms with Gasteiger partial charge in [0.25, 0.3) is 0 Å². The van der Waals surface area contributed by atoms with Gasteiger partial charge in [-0.15, -0.1) is 0 Å². The minimum atomic E-state index is -3.84. The van der Waals surface area contributed by atoms with Crippen LogP contribution >= 0.6 is 0 Å². The molecule has 0 unspecified atom stereocenters. The standard InChI is InChI=1S/C22H24FN5O4S/c23-17-6-8-18(9-7-17)26-11-13-27(14-12-26)22(29)16-3-2-10-28(15-16)33(30,31)20-5-1-4-19-21(20)25-32-24-19/h1,4-9,16H,2-3,10-15H2/t16-/m1/s1. The Morgan fingerprint density at radius 2 is 1.76 bits per heavy atom. The maximum absolute atomic E-state index is 13.3. The third kappa shape index (κ3) is 4.18. The molecule has 0 radical (unpaired) electrons. The highest BCUT2D eigenvalue weighted by Crippen LogP contribution is 2.28. The van der Waals surface area contributed by atoms with Crippen LogP contribution in [0.15, 0.2) is 52.0 Å². The Balaban J connectivity index is 1.26. The summed E-state index contributed by atoms with van der Waals surface area (Å²) in [5.74, 6) is -0.684. The van der Waals surface area contributed by atoms with Crippen LogP contribution in [0, 0.1) is 11.7 Å². The van der Waals surface area contributed by atoms with Crippen molar-refractivity contribution < 1.29 is 22.2 Å². The molecule has 5 rings (SSSR count). The van der Waals surface area contributed by atoms with Crippen LogP contribution in [-0.2, 0) is 14.8 Å². The number of carbonyl (C=O) groups excluding carboxylic acids is 1. The molecule has 0 aliphatic carbocycles. The second kappa shape index (κ2) is 8.71. The fourth-order valence-corrected chi connectivity index (χ4v) is 6.25. The van der Waals surface area contributed by atoms with Crippen molar-refractivity contribution in [2.24, 2.45) is 5.92 Å². The van der Waals surface area contributed by atoms with Gasteiger partial charge in [0.2, 0.25) is 15.9 Å². The summed E-state index contributed by atoms with van der Waals surface area (Å²) in [6.45, 7) is 2.88. The van der Waals surface area contributed by atoms with E-state index in [0.717, 1.165) is 5.69 Å². The van der Waals surface area contributed by atoms with E-state index >= 15 is 0 Å². The molecule has 0 bridgehead atoms. The summed E-state index contributed by atoms with van der Waals surface area (Å²) in [5.41, 5.74) is 1.50. The lowest BCUT2D eigenvalue weighted by atomic mass is 9.97. The molecule has 11 heteroatoms. The average Bonchev–Trinajstić information content (AvgIpc) is 3.33. The van der Waals surface area contributed by atoms with Gasteiger partial charge in [0.1, 0.15) is 16.2 Å². The molecule has 174 valence electrons. The van der Waals surface area contributed by atoms with Gasteiger partial charge in [0.15, 0.2) is 5.52 Å². The zero-order valence-corrected chi connectivity index (χ0v) is 18.7. The SMILES string of the molecule is O=C([C@@H]1CCCN(S(=O)(=O)c2cccc3nonc23)C1)N1CCN(c2ccc(F)cc2)CC1. The van der Waals surface area contributed by atoms with E-state index in [4.69, 9.17) is 4.63 Å². The van der Waals surface area contributed by atoms with Crippen molar-refractivity contribution in [3.05, 3.63) is 48.3 Å². The molecule has 3 aromatic rings. The number of anilines is 1. The number of halogens is 1. The van der Waals surface area contributed by atoms with Crippen LogP contribution in [0.2, 0.25) is 0 Å². The maximum atomic E-state index is 13.3. The van der Waals surface area contributed by atoms with Crippen LogP contribution in [0.1, 0.15) is 12.8 Å². The number of hydrogen-bond acceptors (Lipinski definition) is 7. The van der Waals surface area contributed by atoms with Crippen molar-refractivity contribution >= 4 is 32.7 Å². The summed E-state index contributed by atoms with van der Waals surface area (Å²) in [6, 6.07) is 11.1. The molecule has 1 aromatic heterocycles. The predicted octanol–water partition coefficient (Wildman–Crippen LogP) is 2.11. The first-order valence-corrected chi connectivity index (χ1v) is 12.4. The summed E-state index contributed by atoms with van der Waals surface area (Å²) in [6.07, 6.45) is 1.26. The summed E-state index contributed by atoms with van der Waals surface area (Å²) < 4.78 is 45.9. The summed E-state index contributed by atoms with van der Waals surface area (Å²) in [4.78, 5) is 17.2. The van der Waals surface area contributed by atoms with Crippen LogP contribution in [0.25, 0.3) is 11.0 Å². The Kier molecular flexibility index (Phi) is 5.75. The fourth-order valence-electron chi connectivity index (χ4n) is 4.59. The van der Waals surface area contributed by atoms with E-state index in [1.165, 1.54) is 22.5 Å². The van der Waals surface area contributed by atoms with Gasteiger partial charge < -0.3 is 9.80 Å². The van der Waals surface area contributed by atoms with Crippen molar-refractivity contribution in [1.82, 2.24) is 19.5 Å². The molecule has 0 saturated carbocycles. The molecule has 2 aliphatic heterocycles. The van der Waals surface area contributed by atoms with E-state index in [1.807, 2.05) is 4.90 Å². The Labute approximate surface area is 190 Å². The first-order valence-electron chi connectivity index (χ1n) is 10.9. The van der Waals surface area contributed by atoms with Crippen LogP contribution in [0.5, 0.6) is 0 Å². The Hall–Kier alpha value is -3.05. The molecule has 2 aliphatic rings. The monoisotopic (exact) mass is 473 g/mol. The molecule has 2 aromatic carbocycles. The number of hydrogen-bond donors (Lipinski definition) is 0. The molecule has 0 spiro atoms. The predicted molar refractivity (Wildman–Crippen MR) is 118 cm³/mol. The maximum Gasteiger partial charge on any atom is 0.245 e. The number of nitrogens with zero attached hydrogens (tertiary/aromatic N) is 5. The molecular weight excluding hydrogens is 449 g/mol. The van der Waals surface area contributed by atoms with E-state index in [9.17, 15) is 17.6 Å². The number of fused-ring (bicyclic) bond motifs is 1. The normalized spacial score (nSPS) is 20.3. The van der Waals surface area contributed by atoms with Gasteiger partial charge in [-0.25, -0.2) is 17.4 Å². The summed E-state index contributed by atoms with van der Waals surface area (Å²) in [5, 5.41) is 7.47. The van der Waals surface area contributed by atoms with E-state index < -0.39 is 10.0 Å². The van der Waals surface area contributed by atoms with Crippen LogP contribution in [0.3, 0.4) is 0 Å². The molecule has 33 heavy (non-hydrogen) atoms. The Morgan fingerprint density at radius 3 is 2.52 bits per heavy atom. The Bertz CT molecular complexity index is 1260. The number of rotatable bonds is 4. The summed E-state index contributed by atoms with van der Waals surface area (Å²) in [7, 11) is -3.84. The molecular formula is C22H24FN5O4S. The lowest BCUT2D eigenvalue weighted by Crippen LogP contribution is -2.53. The number of carbonyl (C=O) groups is 1. The van der Waals surface area contributed by atoms with Crippen LogP contribution in [-0.4, -0.2) is 73.1 Å². The van der Waals surface area contributed by atoms with Gasteiger partial charge in [-0.1, -0.05) is 6.07 Å². The van der Waals surface area contributed by atoms with Crippen LogP contribution in [0.4, 0.5) is 10.1 Å². The van der Waals surface area contributed by atoms with Gasteiger partial charge in [-0.3, -0.25) is 4.79 Å². The van der Waals surface area contributed by atoms with Crippen molar-refractivity contribution in [1.29, 1.82) is 0 Å². The zero-order chi connectivity index (χ0) is 23.0. The van der Waals surface area contributed by atoms with Gasteiger partial charge in [-0.2, -0.15) is 4.31 Å². The molecule has 0 N–H and O–H groups in total. The molecule has 3 heterocycles. The molecule has 2 fully saturated rings. The summed E-state index contributed by atoms with van der Waals surface area (Å²) >= 11 is 0. The molecule has 1 amide bonds. The van der Waals surface area contributed by atoms with Gasteiger partial charge >= 0.3 is 0 Å². The van der Waals surface area contributed by atoms with Crippen molar-refractivity contribution in [3.8, 4) is 0 Å². The van der Waals surface area contributed by atoms with Crippen LogP contribution < -0.4 is 4.90 Å². The molecule has 1 atom stereocenters. The number of amides is 1.